The van der Waals surface area contributed by atoms with Crippen LogP contribution in [0.4, 0.5) is 0 Å². The summed E-state index contributed by atoms with van der Waals surface area (Å²) in [4.78, 5) is 21.4. The summed E-state index contributed by atoms with van der Waals surface area (Å²) in [7, 11) is 0. The van der Waals surface area contributed by atoms with Crippen molar-refractivity contribution in [3.8, 4) is 0 Å². The third kappa shape index (κ3) is 1.70. The van der Waals surface area contributed by atoms with Crippen molar-refractivity contribution in [1.29, 1.82) is 0 Å². The van der Waals surface area contributed by atoms with Crippen LogP contribution in [-0.4, -0.2) is 48.5 Å². The number of ether oxygens (including phenoxy) is 1. The molecule has 0 spiro atoms. The van der Waals surface area contributed by atoms with Crippen LogP contribution in [0, 0.1) is 0 Å². The molecule has 2 aromatic rings. The van der Waals surface area contributed by atoms with Crippen LogP contribution in [-0.2, 0) is 4.74 Å². The number of hydrogen-bond acceptors (Lipinski definition) is 6. The molecule has 0 saturated carbocycles. The molecule has 0 aliphatic carbocycles. The summed E-state index contributed by atoms with van der Waals surface area (Å²) in [6.07, 6.45) is 1.42. The van der Waals surface area contributed by atoms with Gasteiger partial charge in [0.2, 0.25) is 0 Å². The van der Waals surface area contributed by atoms with Gasteiger partial charge in [-0.3, -0.25) is 9.55 Å². The van der Waals surface area contributed by atoms with E-state index in [-0.39, 0.29) is 6.61 Å². The highest BCUT2D eigenvalue weighted by Crippen LogP contribution is 2.30. The van der Waals surface area contributed by atoms with Gasteiger partial charge in [-0.2, -0.15) is 4.98 Å². The molecule has 1 aliphatic heterocycles. The zero-order chi connectivity index (χ0) is 12.7. The van der Waals surface area contributed by atoms with Gasteiger partial charge in [0.1, 0.15) is 23.5 Å². The van der Waals surface area contributed by atoms with Crippen molar-refractivity contribution in [2.45, 2.75) is 24.9 Å². The number of H-pyrrole nitrogens is 1. The fourth-order valence-corrected chi connectivity index (χ4v) is 2.12. The summed E-state index contributed by atoms with van der Waals surface area (Å²) in [6, 6.07) is 0. The van der Waals surface area contributed by atoms with Crippen molar-refractivity contribution < 1.29 is 14.9 Å². The molecule has 1 saturated heterocycles. The van der Waals surface area contributed by atoms with E-state index in [0.717, 1.165) is 0 Å². The van der Waals surface area contributed by atoms with Crippen LogP contribution in [0.5, 0.6) is 0 Å². The molecular weight excluding hydrogens is 240 g/mol. The number of aromatic nitrogens is 4. The number of rotatable bonds is 2. The van der Waals surface area contributed by atoms with Crippen molar-refractivity contribution in [2.24, 2.45) is 0 Å². The average molecular weight is 252 g/mol. The highest BCUT2D eigenvalue weighted by molar-refractivity contribution is 5.68. The Morgan fingerprint density at radius 3 is 3.11 bits per heavy atom. The minimum absolute atomic E-state index is 0.248. The van der Waals surface area contributed by atoms with Gasteiger partial charge in [-0.05, 0) is 0 Å². The number of imidazole rings is 1. The molecule has 0 radical (unpaired) electrons. The SMILES string of the molecule is O=c1ncc2ncn([C@H]3C[C@H](O)[C@@H](CO)O3)c2[nH]1. The van der Waals surface area contributed by atoms with Gasteiger partial charge < -0.3 is 14.9 Å². The van der Waals surface area contributed by atoms with Crippen LogP contribution in [0.15, 0.2) is 17.3 Å². The molecule has 18 heavy (non-hydrogen) atoms. The van der Waals surface area contributed by atoms with Gasteiger partial charge in [-0.15, -0.1) is 0 Å². The van der Waals surface area contributed by atoms with E-state index in [4.69, 9.17) is 9.84 Å². The minimum Gasteiger partial charge on any atom is -0.394 e. The number of nitrogens with one attached hydrogen (secondary N) is 1. The number of aliphatic hydroxyl groups excluding tert-OH is 2. The van der Waals surface area contributed by atoms with Crippen molar-refractivity contribution in [2.75, 3.05) is 6.61 Å². The molecular formula is C10H12N4O4. The molecule has 8 nitrogen and oxygen atoms in total. The third-order valence-electron chi connectivity index (χ3n) is 3.05. The second-order valence-corrected chi connectivity index (χ2v) is 4.19. The van der Waals surface area contributed by atoms with Gasteiger partial charge in [-0.25, -0.2) is 9.78 Å². The third-order valence-corrected chi connectivity index (χ3v) is 3.05. The van der Waals surface area contributed by atoms with Crippen LogP contribution >= 0.6 is 0 Å². The molecule has 3 heterocycles. The van der Waals surface area contributed by atoms with Crippen LogP contribution in [0.1, 0.15) is 12.6 Å². The molecule has 1 fully saturated rings. The lowest BCUT2D eigenvalue weighted by Gasteiger charge is -2.13. The number of aromatic amines is 1. The van der Waals surface area contributed by atoms with Crippen LogP contribution in [0.3, 0.4) is 0 Å². The molecule has 3 rings (SSSR count). The number of aliphatic hydroxyl groups is 2. The average Bonchev–Trinajstić information content (AvgIpc) is 2.91. The van der Waals surface area contributed by atoms with Crippen molar-refractivity contribution in [3.05, 3.63) is 23.0 Å². The quantitative estimate of drug-likeness (QED) is 0.616. The first-order valence-electron chi connectivity index (χ1n) is 5.55. The first kappa shape index (κ1) is 11.3. The Morgan fingerprint density at radius 2 is 2.39 bits per heavy atom. The van der Waals surface area contributed by atoms with Gasteiger partial charge in [0, 0.05) is 6.42 Å². The fourth-order valence-electron chi connectivity index (χ4n) is 2.12. The zero-order valence-electron chi connectivity index (χ0n) is 9.35. The lowest BCUT2D eigenvalue weighted by Crippen LogP contribution is -2.24. The van der Waals surface area contributed by atoms with Crippen LogP contribution in [0.2, 0.25) is 0 Å². The number of fused-ring (bicyclic) bond motifs is 1. The van der Waals surface area contributed by atoms with Gasteiger partial charge in [-0.1, -0.05) is 0 Å². The zero-order valence-corrected chi connectivity index (χ0v) is 9.35. The topological polar surface area (TPSA) is 113 Å². The Balaban J connectivity index is 2.00. The molecule has 3 N–H and O–H groups in total. The van der Waals surface area contributed by atoms with Crippen LogP contribution < -0.4 is 5.69 Å². The van der Waals surface area contributed by atoms with E-state index in [1.165, 1.54) is 12.5 Å². The summed E-state index contributed by atoms with van der Waals surface area (Å²) in [5.74, 6) is 0. The summed E-state index contributed by atoms with van der Waals surface area (Å²) in [5, 5.41) is 18.7. The second kappa shape index (κ2) is 4.16. The Morgan fingerprint density at radius 1 is 1.56 bits per heavy atom. The Bertz CT molecular complexity index is 622. The maximum absolute atomic E-state index is 11.2. The van der Waals surface area contributed by atoms with Gasteiger partial charge in [0.15, 0.2) is 0 Å². The second-order valence-electron chi connectivity index (χ2n) is 4.19. The lowest BCUT2D eigenvalue weighted by molar-refractivity contribution is -0.0432. The van der Waals surface area contributed by atoms with Crippen molar-refractivity contribution in [3.63, 3.8) is 0 Å². The summed E-state index contributed by atoms with van der Waals surface area (Å²) >= 11 is 0. The summed E-state index contributed by atoms with van der Waals surface area (Å²) in [5.41, 5.74) is 0.562. The standard InChI is InChI=1S/C10H12N4O4/c15-3-7-6(16)1-8(18-7)14-4-12-5-2-11-10(17)13-9(5)14/h2,4,6-8,15-16H,1,3H2,(H,11,13,17)/t6-,7+,8+/m0/s1. The Labute approximate surface area is 101 Å². The normalized spacial score (nSPS) is 28.0. The maximum atomic E-state index is 11.2. The van der Waals surface area contributed by atoms with E-state index in [1.54, 1.807) is 4.57 Å². The fraction of sp³-hybridized carbons (Fsp3) is 0.500. The molecule has 0 unspecified atom stereocenters. The number of hydrogen-bond donors (Lipinski definition) is 3. The van der Waals surface area contributed by atoms with Gasteiger partial charge in [0.25, 0.3) is 0 Å². The monoisotopic (exact) mass is 252 g/mol. The highest BCUT2D eigenvalue weighted by atomic mass is 16.5. The van der Waals surface area contributed by atoms with E-state index in [9.17, 15) is 9.90 Å². The minimum atomic E-state index is -0.731. The lowest BCUT2D eigenvalue weighted by atomic mass is 10.2. The predicted octanol–water partition coefficient (Wildman–Crippen LogP) is -1.24. The van der Waals surface area contributed by atoms with E-state index in [1.807, 2.05) is 0 Å². The van der Waals surface area contributed by atoms with Crippen molar-refractivity contribution in [1.82, 2.24) is 19.5 Å². The Kier molecular flexibility index (Phi) is 2.62. The Hall–Kier alpha value is -1.77. The first-order valence-corrected chi connectivity index (χ1v) is 5.55. The molecule has 0 amide bonds. The maximum Gasteiger partial charge on any atom is 0.346 e. The largest absolute Gasteiger partial charge is 0.394 e. The first-order chi connectivity index (χ1) is 8.69. The van der Waals surface area contributed by atoms with Gasteiger partial charge in [0.05, 0.1) is 25.2 Å². The van der Waals surface area contributed by atoms with Crippen LogP contribution in [0.25, 0.3) is 11.2 Å². The molecule has 8 heteroatoms. The molecule has 96 valence electrons. The predicted molar refractivity (Wildman–Crippen MR) is 59.8 cm³/mol. The summed E-state index contributed by atoms with van der Waals surface area (Å²) < 4.78 is 7.12. The van der Waals surface area contributed by atoms with Gasteiger partial charge >= 0.3 is 5.69 Å². The molecule has 0 aromatic carbocycles. The highest BCUT2D eigenvalue weighted by Gasteiger charge is 2.35. The number of nitrogens with zero attached hydrogens (tertiary/aromatic N) is 3. The van der Waals surface area contributed by atoms with Crippen molar-refractivity contribution >= 4 is 11.2 Å². The molecule has 0 bridgehead atoms. The molecule has 2 aromatic heterocycles. The summed E-state index contributed by atoms with van der Waals surface area (Å²) in [6.45, 7) is -0.248. The molecule has 1 aliphatic rings. The van der Waals surface area contributed by atoms with E-state index in [0.29, 0.717) is 17.6 Å². The van der Waals surface area contributed by atoms with E-state index >= 15 is 0 Å². The van der Waals surface area contributed by atoms with E-state index < -0.39 is 24.1 Å². The molecule has 3 atom stereocenters. The van der Waals surface area contributed by atoms with E-state index in [2.05, 4.69) is 15.0 Å². The smallest absolute Gasteiger partial charge is 0.346 e.